The Bertz CT molecular complexity index is 645. The Morgan fingerprint density at radius 1 is 1.28 bits per heavy atom. The van der Waals surface area contributed by atoms with Crippen LogP contribution < -0.4 is 10.6 Å². The molecule has 1 aromatic carbocycles. The van der Waals surface area contributed by atoms with Crippen molar-refractivity contribution in [1.29, 1.82) is 0 Å². The van der Waals surface area contributed by atoms with E-state index in [1.165, 1.54) is 0 Å². The van der Waals surface area contributed by atoms with Crippen LogP contribution in [-0.2, 0) is 9.59 Å². The Hall–Kier alpha value is -2.28. The van der Waals surface area contributed by atoms with E-state index in [0.29, 0.717) is 43.1 Å². The molecule has 3 amide bonds. The van der Waals surface area contributed by atoms with E-state index in [2.05, 4.69) is 10.6 Å². The molecule has 0 aliphatic carbocycles. The number of carboxylic acids is 1. The summed E-state index contributed by atoms with van der Waals surface area (Å²) in [6.45, 7) is 2.59. The summed E-state index contributed by atoms with van der Waals surface area (Å²) < 4.78 is 0. The summed E-state index contributed by atoms with van der Waals surface area (Å²) in [5, 5.41) is 14.7. The second-order valence-corrected chi connectivity index (χ2v) is 6.38. The zero-order valence-electron chi connectivity index (χ0n) is 14.0. The normalized spacial score (nSPS) is 16.2. The number of piperidine rings is 1. The fourth-order valence-electron chi connectivity index (χ4n) is 2.78. The summed E-state index contributed by atoms with van der Waals surface area (Å²) in [7, 11) is 0. The minimum absolute atomic E-state index is 0.194. The highest BCUT2D eigenvalue weighted by Gasteiger charge is 2.30. The number of carboxylic acid groups (broad SMARTS) is 1. The van der Waals surface area contributed by atoms with Gasteiger partial charge in [0.05, 0.1) is 16.6 Å². The van der Waals surface area contributed by atoms with Crippen LogP contribution in [0, 0.1) is 5.92 Å². The minimum Gasteiger partial charge on any atom is -0.481 e. The summed E-state index contributed by atoms with van der Waals surface area (Å²) in [6, 6.07) is 5.66. The molecule has 136 valence electrons. The van der Waals surface area contributed by atoms with Crippen molar-refractivity contribution < 1.29 is 19.5 Å². The first-order valence-corrected chi connectivity index (χ1v) is 8.63. The van der Waals surface area contributed by atoms with Crippen molar-refractivity contribution in [3.8, 4) is 0 Å². The molecule has 1 aliphatic heterocycles. The molecule has 1 saturated heterocycles. The molecular weight excluding hydrogens is 346 g/mol. The molecule has 0 spiro atoms. The number of nitrogens with zero attached hydrogens (tertiary/aromatic N) is 1. The van der Waals surface area contributed by atoms with Gasteiger partial charge in [0.2, 0.25) is 5.91 Å². The van der Waals surface area contributed by atoms with E-state index >= 15 is 0 Å². The number of carbonyl (C=O) groups excluding carboxylic acids is 2. The maximum absolute atomic E-state index is 12.6. The molecule has 0 saturated carbocycles. The van der Waals surface area contributed by atoms with E-state index in [9.17, 15) is 14.4 Å². The van der Waals surface area contributed by atoms with Gasteiger partial charge in [-0.15, -0.1) is 0 Å². The Labute approximate surface area is 151 Å². The molecule has 0 aromatic heterocycles. The Balaban J connectivity index is 1.91. The monoisotopic (exact) mass is 367 g/mol. The largest absolute Gasteiger partial charge is 0.481 e. The number of benzene rings is 1. The summed E-state index contributed by atoms with van der Waals surface area (Å²) in [5.41, 5.74) is 0.464. The Morgan fingerprint density at radius 3 is 2.48 bits per heavy atom. The lowest BCUT2D eigenvalue weighted by Crippen LogP contribution is -2.51. The van der Waals surface area contributed by atoms with Crippen LogP contribution in [0.15, 0.2) is 24.3 Å². The van der Waals surface area contributed by atoms with Crippen LogP contribution in [0.3, 0.4) is 0 Å². The molecule has 1 unspecified atom stereocenters. The zero-order valence-corrected chi connectivity index (χ0v) is 14.8. The van der Waals surface area contributed by atoms with Crippen molar-refractivity contribution >= 4 is 35.2 Å². The summed E-state index contributed by atoms with van der Waals surface area (Å²) >= 11 is 6.00. The van der Waals surface area contributed by atoms with E-state index in [0.717, 1.165) is 0 Å². The quantitative estimate of drug-likeness (QED) is 0.744. The molecule has 1 fully saturated rings. The number of hydrogen-bond donors (Lipinski definition) is 3. The van der Waals surface area contributed by atoms with Gasteiger partial charge in [-0.25, -0.2) is 4.79 Å². The van der Waals surface area contributed by atoms with Crippen molar-refractivity contribution in [3.63, 3.8) is 0 Å². The van der Waals surface area contributed by atoms with Gasteiger partial charge in [0, 0.05) is 13.1 Å². The molecule has 0 bridgehead atoms. The number of rotatable bonds is 5. The van der Waals surface area contributed by atoms with Gasteiger partial charge in [0.1, 0.15) is 6.04 Å². The van der Waals surface area contributed by atoms with Crippen LogP contribution in [0.25, 0.3) is 0 Å². The standard InChI is InChI=1S/C17H22ClN3O4/c1-2-13(15(22)21-9-7-11(8-10-21)16(23)24)19-17(25)20-14-6-4-3-5-12(14)18/h3-6,11,13H,2,7-10H2,1H3,(H,23,24)(H2,19,20,25). The average molecular weight is 368 g/mol. The van der Waals surface area contributed by atoms with Crippen molar-refractivity contribution in [3.05, 3.63) is 29.3 Å². The third-order valence-electron chi connectivity index (χ3n) is 4.29. The van der Waals surface area contributed by atoms with Crippen LogP contribution in [0.5, 0.6) is 0 Å². The Kier molecular flexibility index (Phi) is 6.64. The Morgan fingerprint density at radius 2 is 1.92 bits per heavy atom. The number of aliphatic carboxylic acids is 1. The van der Waals surface area contributed by atoms with Crippen molar-refractivity contribution in [1.82, 2.24) is 10.2 Å². The molecule has 7 nitrogen and oxygen atoms in total. The number of anilines is 1. The maximum atomic E-state index is 12.6. The summed E-state index contributed by atoms with van der Waals surface area (Å²) in [4.78, 5) is 37.3. The van der Waals surface area contributed by atoms with E-state index in [-0.39, 0.29) is 5.91 Å². The summed E-state index contributed by atoms with van der Waals surface area (Å²) in [6.07, 6.45) is 1.31. The van der Waals surface area contributed by atoms with E-state index < -0.39 is 24.0 Å². The lowest BCUT2D eigenvalue weighted by atomic mass is 9.96. The molecular formula is C17H22ClN3O4. The van der Waals surface area contributed by atoms with Gasteiger partial charge in [0.25, 0.3) is 0 Å². The molecule has 3 N–H and O–H groups in total. The fourth-order valence-corrected chi connectivity index (χ4v) is 2.97. The van der Waals surface area contributed by atoms with Gasteiger partial charge >= 0.3 is 12.0 Å². The topological polar surface area (TPSA) is 98.7 Å². The first kappa shape index (κ1) is 19.1. The number of para-hydroxylation sites is 1. The first-order valence-electron chi connectivity index (χ1n) is 8.26. The number of urea groups is 1. The lowest BCUT2D eigenvalue weighted by Gasteiger charge is -2.32. The minimum atomic E-state index is -0.823. The average Bonchev–Trinajstić information content (AvgIpc) is 2.61. The van der Waals surface area contributed by atoms with Gasteiger partial charge < -0.3 is 20.6 Å². The van der Waals surface area contributed by atoms with E-state index in [1.54, 1.807) is 29.2 Å². The van der Waals surface area contributed by atoms with Gasteiger partial charge in [-0.3, -0.25) is 9.59 Å². The zero-order chi connectivity index (χ0) is 18.4. The number of hydrogen-bond acceptors (Lipinski definition) is 3. The van der Waals surface area contributed by atoms with Crippen LogP contribution in [-0.4, -0.2) is 47.0 Å². The molecule has 0 radical (unpaired) electrons. The van der Waals surface area contributed by atoms with Crippen LogP contribution in [0.1, 0.15) is 26.2 Å². The van der Waals surface area contributed by atoms with Crippen molar-refractivity contribution in [2.24, 2.45) is 5.92 Å². The highest BCUT2D eigenvalue weighted by Crippen LogP contribution is 2.21. The highest BCUT2D eigenvalue weighted by atomic mass is 35.5. The van der Waals surface area contributed by atoms with Gasteiger partial charge in [-0.2, -0.15) is 0 Å². The van der Waals surface area contributed by atoms with Gasteiger partial charge in [-0.05, 0) is 31.4 Å². The van der Waals surface area contributed by atoms with Crippen LogP contribution >= 0.6 is 11.6 Å². The SMILES string of the molecule is CCC(NC(=O)Nc1ccccc1Cl)C(=O)N1CCC(C(=O)O)CC1. The second-order valence-electron chi connectivity index (χ2n) is 5.98. The number of amides is 3. The predicted octanol–water partition coefficient (Wildman–Crippen LogP) is 2.56. The third-order valence-corrected chi connectivity index (χ3v) is 4.62. The molecule has 1 aliphatic rings. The second kappa shape index (κ2) is 8.71. The molecule has 2 rings (SSSR count). The fraction of sp³-hybridized carbons (Fsp3) is 0.471. The molecule has 8 heteroatoms. The summed E-state index contributed by atoms with van der Waals surface area (Å²) in [5.74, 6) is -1.42. The van der Waals surface area contributed by atoms with E-state index in [1.807, 2.05) is 6.92 Å². The highest BCUT2D eigenvalue weighted by molar-refractivity contribution is 6.33. The predicted molar refractivity (Wildman–Crippen MR) is 94.6 cm³/mol. The van der Waals surface area contributed by atoms with Crippen LogP contribution in [0.4, 0.5) is 10.5 Å². The smallest absolute Gasteiger partial charge is 0.319 e. The van der Waals surface area contributed by atoms with Gasteiger partial charge in [-0.1, -0.05) is 30.7 Å². The van der Waals surface area contributed by atoms with Gasteiger partial charge in [0.15, 0.2) is 0 Å². The molecule has 1 heterocycles. The molecule has 25 heavy (non-hydrogen) atoms. The van der Waals surface area contributed by atoms with E-state index in [4.69, 9.17) is 16.7 Å². The molecule has 1 atom stereocenters. The number of nitrogens with one attached hydrogen (secondary N) is 2. The lowest BCUT2D eigenvalue weighted by molar-refractivity contribution is -0.146. The van der Waals surface area contributed by atoms with Crippen molar-refractivity contribution in [2.45, 2.75) is 32.2 Å². The first-order chi connectivity index (χ1) is 11.9. The maximum Gasteiger partial charge on any atom is 0.319 e. The number of likely N-dealkylation sites (tertiary alicyclic amines) is 1. The van der Waals surface area contributed by atoms with Crippen molar-refractivity contribution in [2.75, 3.05) is 18.4 Å². The van der Waals surface area contributed by atoms with Crippen LogP contribution in [0.2, 0.25) is 5.02 Å². The number of carbonyl (C=O) groups is 3. The number of halogens is 1. The third kappa shape index (κ3) is 5.09. The molecule has 1 aromatic rings.